The highest BCUT2D eigenvalue weighted by Crippen LogP contribution is 2.19. The van der Waals surface area contributed by atoms with Gasteiger partial charge in [-0.3, -0.25) is 0 Å². The number of ether oxygens (including phenoxy) is 1. The van der Waals surface area contributed by atoms with Crippen molar-refractivity contribution in [1.82, 2.24) is 5.32 Å². The van der Waals surface area contributed by atoms with Gasteiger partial charge in [-0.2, -0.15) is 0 Å². The molecule has 0 aliphatic rings. The topological polar surface area (TPSA) is 21.3 Å². The molecule has 0 saturated heterocycles. The summed E-state index contributed by atoms with van der Waals surface area (Å²) in [4.78, 5) is 0. The van der Waals surface area contributed by atoms with Crippen molar-refractivity contribution in [2.45, 2.75) is 26.4 Å². The Morgan fingerprint density at radius 1 is 1.10 bits per heavy atom. The van der Waals surface area contributed by atoms with Crippen molar-refractivity contribution in [1.29, 1.82) is 0 Å². The van der Waals surface area contributed by atoms with Crippen LogP contribution in [0.3, 0.4) is 0 Å². The molecule has 2 aromatic rings. The third-order valence-electron chi connectivity index (χ3n) is 3.32. The van der Waals surface area contributed by atoms with Gasteiger partial charge < -0.3 is 10.1 Å². The van der Waals surface area contributed by atoms with Crippen LogP contribution in [-0.4, -0.2) is 6.61 Å². The molecule has 1 atom stereocenters. The van der Waals surface area contributed by atoms with E-state index in [2.05, 4.69) is 5.32 Å². The smallest absolute Gasteiger partial charge is 0.163 e. The van der Waals surface area contributed by atoms with E-state index in [1.54, 1.807) is 6.07 Å². The van der Waals surface area contributed by atoms with E-state index in [9.17, 15) is 8.78 Å². The molecule has 0 spiro atoms. The second-order valence-corrected chi connectivity index (χ2v) is 4.82. The predicted molar refractivity (Wildman–Crippen MR) is 79.2 cm³/mol. The highest BCUT2D eigenvalue weighted by Gasteiger charge is 2.10. The van der Waals surface area contributed by atoms with Gasteiger partial charge in [0.2, 0.25) is 0 Å². The minimum Gasteiger partial charge on any atom is -0.494 e. The van der Waals surface area contributed by atoms with Crippen LogP contribution in [0.25, 0.3) is 0 Å². The molecule has 21 heavy (non-hydrogen) atoms. The summed E-state index contributed by atoms with van der Waals surface area (Å²) < 4.78 is 32.1. The first-order valence-corrected chi connectivity index (χ1v) is 7.01. The maximum absolute atomic E-state index is 13.6. The summed E-state index contributed by atoms with van der Waals surface area (Å²) in [6, 6.07) is 12.0. The van der Waals surface area contributed by atoms with Gasteiger partial charge in [0.15, 0.2) is 11.6 Å². The Bertz CT molecular complexity index is 584. The van der Waals surface area contributed by atoms with Gasteiger partial charge in [0.25, 0.3) is 0 Å². The average molecular weight is 291 g/mol. The number of hydrogen-bond acceptors (Lipinski definition) is 2. The lowest BCUT2D eigenvalue weighted by molar-refractivity contribution is 0.340. The van der Waals surface area contributed by atoms with Crippen LogP contribution in [0.4, 0.5) is 8.78 Å². The van der Waals surface area contributed by atoms with Gasteiger partial charge in [-0.05, 0) is 37.6 Å². The maximum atomic E-state index is 13.6. The highest BCUT2D eigenvalue weighted by atomic mass is 19.2. The van der Waals surface area contributed by atoms with Gasteiger partial charge in [-0.25, -0.2) is 8.78 Å². The molecular weight excluding hydrogens is 272 g/mol. The first-order valence-electron chi connectivity index (χ1n) is 7.01. The van der Waals surface area contributed by atoms with Crippen LogP contribution in [0.5, 0.6) is 5.75 Å². The first kappa shape index (κ1) is 15.4. The van der Waals surface area contributed by atoms with Crippen molar-refractivity contribution in [2.75, 3.05) is 6.61 Å². The van der Waals surface area contributed by atoms with Gasteiger partial charge in [0.05, 0.1) is 6.61 Å². The van der Waals surface area contributed by atoms with E-state index >= 15 is 0 Å². The van der Waals surface area contributed by atoms with Gasteiger partial charge >= 0.3 is 0 Å². The summed E-state index contributed by atoms with van der Waals surface area (Å²) >= 11 is 0. The number of hydrogen-bond donors (Lipinski definition) is 1. The van der Waals surface area contributed by atoms with E-state index in [4.69, 9.17) is 4.74 Å². The van der Waals surface area contributed by atoms with Crippen LogP contribution in [0.1, 0.15) is 31.0 Å². The molecule has 0 aliphatic heterocycles. The zero-order chi connectivity index (χ0) is 15.2. The molecule has 1 N–H and O–H groups in total. The fraction of sp³-hybridized carbons (Fsp3) is 0.294. The van der Waals surface area contributed by atoms with Crippen LogP contribution in [-0.2, 0) is 6.54 Å². The number of benzene rings is 2. The third-order valence-corrected chi connectivity index (χ3v) is 3.32. The third kappa shape index (κ3) is 4.02. The van der Waals surface area contributed by atoms with E-state index in [0.29, 0.717) is 12.2 Å². The van der Waals surface area contributed by atoms with E-state index < -0.39 is 11.6 Å². The Morgan fingerprint density at radius 3 is 2.48 bits per heavy atom. The van der Waals surface area contributed by atoms with Crippen molar-refractivity contribution in [3.63, 3.8) is 0 Å². The fourth-order valence-electron chi connectivity index (χ4n) is 2.09. The first-order chi connectivity index (χ1) is 10.1. The number of nitrogens with one attached hydrogen (secondary N) is 1. The van der Waals surface area contributed by atoms with Crippen molar-refractivity contribution < 1.29 is 13.5 Å². The number of rotatable bonds is 6. The van der Waals surface area contributed by atoms with Crippen LogP contribution >= 0.6 is 0 Å². The second kappa shape index (κ2) is 7.18. The molecule has 0 radical (unpaired) electrons. The molecule has 2 nitrogen and oxygen atoms in total. The molecule has 0 amide bonds. The van der Waals surface area contributed by atoms with E-state index in [1.807, 2.05) is 38.1 Å². The SMILES string of the molecule is CCOc1ccc(C(C)NCc2cccc(F)c2F)cc1. The van der Waals surface area contributed by atoms with Crippen LogP contribution < -0.4 is 10.1 Å². The molecule has 1 unspecified atom stereocenters. The molecule has 0 bridgehead atoms. The fourth-order valence-corrected chi connectivity index (χ4v) is 2.09. The summed E-state index contributed by atoms with van der Waals surface area (Å²) in [5.74, 6) is -0.781. The maximum Gasteiger partial charge on any atom is 0.163 e. The minimum atomic E-state index is -0.817. The molecule has 2 aromatic carbocycles. The number of halogens is 2. The van der Waals surface area contributed by atoms with Crippen molar-refractivity contribution >= 4 is 0 Å². The molecule has 0 aromatic heterocycles. The molecule has 112 valence electrons. The van der Waals surface area contributed by atoms with Crippen molar-refractivity contribution in [2.24, 2.45) is 0 Å². The summed E-state index contributed by atoms with van der Waals surface area (Å²) in [5.41, 5.74) is 1.39. The van der Waals surface area contributed by atoms with Gasteiger partial charge in [0, 0.05) is 18.2 Å². The summed E-state index contributed by atoms with van der Waals surface area (Å²) in [6.45, 7) is 4.82. The lowest BCUT2D eigenvalue weighted by Crippen LogP contribution is -2.19. The van der Waals surface area contributed by atoms with E-state index in [-0.39, 0.29) is 12.6 Å². The lowest BCUT2D eigenvalue weighted by atomic mass is 10.1. The summed E-state index contributed by atoms with van der Waals surface area (Å²) in [5, 5.41) is 3.19. The van der Waals surface area contributed by atoms with Crippen molar-refractivity contribution in [3.8, 4) is 5.75 Å². The van der Waals surface area contributed by atoms with Crippen molar-refractivity contribution in [3.05, 3.63) is 65.2 Å². The largest absolute Gasteiger partial charge is 0.494 e. The van der Waals surface area contributed by atoms with Gasteiger partial charge in [0.1, 0.15) is 5.75 Å². The Balaban J connectivity index is 1.98. The molecule has 0 saturated carbocycles. The average Bonchev–Trinajstić information content (AvgIpc) is 2.49. The normalized spacial score (nSPS) is 12.2. The standard InChI is InChI=1S/C17H19F2NO/c1-3-21-15-9-7-13(8-10-15)12(2)20-11-14-5-4-6-16(18)17(14)19/h4-10,12,20H,3,11H2,1-2H3. The van der Waals surface area contributed by atoms with Gasteiger partial charge in [-0.15, -0.1) is 0 Å². The van der Waals surface area contributed by atoms with Crippen LogP contribution in [0.15, 0.2) is 42.5 Å². The van der Waals surface area contributed by atoms with E-state index in [0.717, 1.165) is 17.4 Å². The summed E-state index contributed by atoms with van der Waals surface area (Å²) in [6.07, 6.45) is 0. The van der Waals surface area contributed by atoms with E-state index in [1.165, 1.54) is 6.07 Å². The Labute approximate surface area is 123 Å². The van der Waals surface area contributed by atoms with Crippen LogP contribution in [0, 0.1) is 11.6 Å². The minimum absolute atomic E-state index is 0.0309. The molecule has 4 heteroatoms. The summed E-state index contributed by atoms with van der Waals surface area (Å²) in [7, 11) is 0. The van der Waals surface area contributed by atoms with Gasteiger partial charge in [-0.1, -0.05) is 24.3 Å². The molecule has 0 aliphatic carbocycles. The quantitative estimate of drug-likeness (QED) is 0.860. The molecule has 0 heterocycles. The zero-order valence-corrected chi connectivity index (χ0v) is 12.2. The monoisotopic (exact) mass is 291 g/mol. The predicted octanol–water partition coefficient (Wildman–Crippen LogP) is 4.21. The Hall–Kier alpha value is -1.94. The lowest BCUT2D eigenvalue weighted by Gasteiger charge is -2.15. The molecule has 0 fully saturated rings. The Morgan fingerprint density at radius 2 is 1.81 bits per heavy atom. The Kier molecular flexibility index (Phi) is 5.28. The zero-order valence-electron chi connectivity index (χ0n) is 12.2. The second-order valence-electron chi connectivity index (χ2n) is 4.82. The van der Waals surface area contributed by atoms with Crippen LogP contribution in [0.2, 0.25) is 0 Å². The molecular formula is C17H19F2NO. The molecule has 2 rings (SSSR count). The highest BCUT2D eigenvalue weighted by molar-refractivity contribution is 5.29.